The van der Waals surface area contributed by atoms with Gasteiger partial charge in [0.25, 0.3) is 0 Å². The van der Waals surface area contributed by atoms with Gasteiger partial charge in [-0.2, -0.15) is 0 Å². The van der Waals surface area contributed by atoms with E-state index in [0.717, 1.165) is 11.1 Å². The number of nitrogens with one attached hydrogen (secondary N) is 1. The Morgan fingerprint density at radius 2 is 1.86 bits per heavy atom. The highest BCUT2D eigenvalue weighted by Crippen LogP contribution is 2.37. The molecule has 1 atom stereocenters. The Hall–Kier alpha value is -1.71. The first-order chi connectivity index (χ1) is 10.2. The number of halogens is 1. The van der Waals surface area contributed by atoms with Crippen molar-refractivity contribution in [2.45, 2.75) is 38.1 Å². The lowest BCUT2D eigenvalue weighted by atomic mass is 9.79. The molecule has 1 saturated carbocycles. The topological polar surface area (TPSA) is 38.0 Å². The number of benzene rings is 2. The number of rotatable bonds is 4. The molecule has 0 aromatic heterocycles. The molecule has 3 N–H and O–H groups in total. The summed E-state index contributed by atoms with van der Waals surface area (Å²) < 4.78 is 14.1. The van der Waals surface area contributed by atoms with Crippen LogP contribution in [-0.4, -0.2) is 0 Å². The molecule has 0 aliphatic heterocycles. The van der Waals surface area contributed by atoms with Gasteiger partial charge >= 0.3 is 0 Å². The molecule has 0 radical (unpaired) electrons. The Morgan fingerprint density at radius 3 is 2.43 bits per heavy atom. The second kappa shape index (κ2) is 5.96. The average molecular weight is 284 g/mol. The molecular weight excluding hydrogens is 263 g/mol. The maximum Gasteiger partial charge on any atom is 0.128 e. The van der Waals surface area contributed by atoms with Crippen molar-refractivity contribution in [3.8, 4) is 0 Å². The molecule has 110 valence electrons. The Balaban J connectivity index is 1.90. The Kier molecular flexibility index (Phi) is 4.04. The Labute approximate surface area is 125 Å². The summed E-state index contributed by atoms with van der Waals surface area (Å²) in [6.07, 6.45) is 3.89. The molecule has 1 aliphatic rings. The highest BCUT2D eigenvalue weighted by Gasteiger charge is 2.21. The largest absolute Gasteiger partial charge is 0.271 e. The predicted octanol–water partition coefficient (Wildman–Crippen LogP) is 3.95. The number of hydrazine groups is 1. The minimum Gasteiger partial charge on any atom is -0.271 e. The van der Waals surface area contributed by atoms with E-state index in [0.29, 0.717) is 11.5 Å². The molecule has 3 rings (SSSR count). The van der Waals surface area contributed by atoms with Gasteiger partial charge in [0.1, 0.15) is 5.82 Å². The van der Waals surface area contributed by atoms with E-state index < -0.39 is 0 Å². The minimum absolute atomic E-state index is 0.230. The monoisotopic (exact) mass is 284 g/mol. The Bertz CT molecular complexity index is 618. The summed E-state index contributed by atoms with van der Waals surface area (Å²) in [6.45, 7) is 1.95. The highest BCUT2D eigenvalue weighted by atomic mass is 19.1. The third kappa shape index (κ3) is 2.85. The van der Waals surface area contributed by atoms with Crippen LogP contribution in [0.25, 0.3) is 0 Å². The zero-order valence-corrected chi connectivity index (χ0v) is 12.3. The van der Waals surface area contributed by atoms with Gasteiger partial charge in [0.05, 0.1) is 6.04 Å². The predicted molar refractivity (Wildman–Crippen MR) is 83.3 cm³/mol. The second-order valence-electron chi connectivity index (χ2n) is 5.92. The summed E-state index contributed by atoms with van der Waals surface area (Å²) in [5.41, 5.74) is 6.73. The zero-order valence-electron chi connectivity index (χ0n) is 12.3. The first-order valence-electron chi connectivity index (χ1n) is 7.51. The van der Waals surface area contributed by atoms with E-state index in [9.17, 15) is 4.39 Å². The van der Waals surface area contributed by atoms with Crippen LogP contribution < -0.4 is 11.3 Å². The van der Waals surface area contributed by atoms with Gasteiger partial charge in [-0.25, -0.2) is 9.82 Å². The molecule has 2 aromatic carbocycles. The van der Waals surface area contributed by atoms with Gasteiger partial charge in [0.15, 0.2) is 0 Å². The molecule has 21 heavy (non-hydrogen) atoms. The van der Waals surface area contributed by atoms with Crippen molar-refractivity contribution in [1.82, 2.24) is 5.43 Å². The van der Waals surface area contributed by atoms with Gasteiger partial charge in [0.2, 0.25) is 0 Å². The van der Waals surface area contributed by atoms with Crippen LogP contribution in [-0.2, 0) is 0 Å². The molecule has 3 heteroatoms. The van der Waals surface area contributed by atoms with E-state index in [1.165, 1.54) is 30.9 Å². The molecule has 0 bridgehead atoms. The normalized spacial score (nSPS) is 16.5. The fourth-order valence-corrected chi connectivity index (χ4v) is 2.95. The molecule has 0 saturated heterocycles. The lowest BCUT2D eigenvalue weighted by molar-refractivity contribution is 0.419. The van der Waals surface area contributed by atoms with Crippen LogP contribution >= 0.6 is 0 Å². The lowest BCUT2D eigenvalue weighted by Gasteiger charge is -2.26. The molecule has 2 nitrogen and oxygen atoms in total. The summed E-state index contributed by atoms with van der Waals surface area (Å²) in [5.74, 6) is 6.15. The van der Waals surface area contributed by atoms with Crippen LogP contribution in [0.4, 0.5) is 4.39 Å². The maximum absolute atomic E-state index is 14.1. The standard InChI is InChI=1S/C18H21FN2/c1-12-5-10-17(19)16(11-12)18(21-20)15-8-6-14(7-9-15)13-3-2-4-13/h5-11,13,18,21H,2-4,20H2,1H3. The Morgan fingerprint density at radius 1 is 1.14 bits per heavy atom. The number of aryl methyl sites for hydroxylation is 1. The van der Waals surface area contributed by atoms with Gasteiger partial charge in [-0.05, 0) is 42.9 Å². The second-order valence-corrected chi connectivity index (χ2v) is 5.92. The van der Waals surface area contributed by atoms with Crippen LogP contribution in [0.3, 0.4) is 0 Å². The maximum atomic E-state index is 14.1. The molecule has 0 spiro atoms. The fraction of sp³-hybridized carbons (Fsp3) is 0.333. The molecule has 2 aromatic rings. The zero-order chi connectivity index (χ0) is 14.8. The summed E-state index contributed by atoms with van der Waals surface area (Å²) in [5, 5.41) is 0. The summed E-state index contributed by atoms with van der Waals surface area (Å²) in [4.78, 5) is 0. The number of hydrogen-bond acceptors (Lipinski definition) is 2. The molecule has 1 aliphatic carbocycles. The average Bonchev–Trinajstić information content (AvgIpc) is 2.43. The first-order valence-corrected chi connectivity index (χ1v) is 7.51. The van der Waals surface area contributed by atoms with Gasteiger partial charge in [-0.3, -0.25) is 5.84 Å². The van der Waals surface area contributed by atoms with Gasteiger partial charge < -0.3 is 0 Å². The highest BCUT2D eigenvalue weighted by molar-refractivity contribution is 5.37. The van der Waals surface area contributed by atoms with E-state index in [1.54, 1.807) is 6.07 Å². The van der Waals surface area contributed by atoms with E-state index in [-0.39, 0.29) is 11.9 Å². The molecule has 1 unspecified atom stereocenters. The smallest absolute Gasteiger partial charge is 0.128 e. The van der Waals surface area contributed by atoms with Gasteiger partial charge in [-0.15, -0.1) is 0 Å². The van der Waals surface area contributed by atoms with Crippen molar-refractivity contribution >= 4 is 0 Å². The third-order valence-corrected chi connectivity index (χ3v) is 4.48. The van der Waals surface area contributed by atoms with E-state index >= 15 is 0 Å². The van der Waals surface area contributed by atoms with Crippen LogP contribution in [0.1, 0.15) is 53.5 Å². The van der Waals surface area contributed by atoms with Crippen LogP contribution in [0, 0.1) is 12.7 Å². The van der Waals surface area contributed by atoms with Crippen LogP contribution in [0.5, 0.6) is 0 Å². The van der Waals surface area contributed by atoms with E-state index in [1.807, 2.05) is 13.0 Å². The lowest BCUT2D eigenvalue weighted by Crippen LogP contribution is -2.29. The summed E-state index contributed by atoms with van der Waals surface area (Å²) >= 11 is 0. The van der Waals surface area contributed by atoms with Crippen molar-refractivity contribution in [2.24, 2.45) is 5.84 Å². The van der Waals surface area contributed by atoms with Crippen molar-refractivity contribution in [3.05, 3.63) is 70.5 Å². The summed E-state index contributed by atoms with van der Waals surface area (Å²) in [6, 6.07) is 13.2. The number of hydrogen-bond donors (Lipinski definition) is 2. The molecule has 0 heterocycles. The summed E-state index contributed by atoms with van der Waals surface area (Å²) in [7, 11) is 0. The van der Waals surface area contributed by atoms with Crippen molar-refractivity contribution in [1.29, 1.82) is 0 Å². The van der Waals surface area contributed by atoms with Crippen molar-refractivity contribution in [2.75, 3.05) is 0 Å². The molecular formula is C18H21FN2. The van der Waals surface area contributed by atoms with Crippen LogP contribution in [0.15, 0.2) is 42.5 Å². The quantitative estimate of drug-likeness (QED) is 0.659. The number of nitrogens with two attached hydrogens (primary N) is 1. The first kappa shape index (κ1) is 14.2. The van der Waals surface area contributed by atoms with E-state index in [4.69, 9.17) is 5.84 Å². The van der Waals surface area contributed by atoms with Crippen LogP contribution in [0.2, 0.25) is 0 Å². The third-order valence-electron chi connectivity index (χ3n) is 4.48. The SMILES string of the molecule is Cc1ccc(F)c(C(NN)c2ccc(C3CCC3)cc2)c1. The van der Waals surface area contributed by atoms with Crippen molar-refractivity contribution in [3.63, 3.8) is 0 Å². The van der Waals surface area contributed by atoms with E-state index in [2.05, 4.69) is 29.7 Å². The minimum atomic E-state index is -0.319. The fourth-order valence-electron chi connectivity index (χ4n) is 2.95. The van der Waals surface area contributed by atoms with Gasteiger partial charge in [0, 0.05) is 5.56 Å². The molecule has 0 amide bonds. The van der Waals surface area contributed by atoms with Crippen molar-refractivity contribution < 1.29 is 4.39 Å². The van der Waals surface area contributed by atoms with Gasteiger partial charge in [-0.1, -0.05) is 48.4 Å². The molecule has 1 fully saturated rings.